The van der Waals surface area contributed by atoms with Crippen LogP contribution in [0.15, 0.2) is 42.6 Å². The van der Waals surface area contributed by atoms with E-state index in [0.29, 0.717) is 11.6 Å². The fourth-order valence-corrected chi connectivity index (χ4v) is 3.51. The van der Waals surface area contributed by atoms with E-state index >= 15 is 0 Å². The van der Waals surface area contributed by atoms with Crippen LogP contribution in [-0.2, 0) is 0 Å². The maximum atomic E-state index is 12.5. The van der Waals surface area contributed by atoms with Crippen LogP contribution in [0.4, 0.5) is 16.4 Å². The van der Waals surface area contributed by atoms with E-state index in [-0.39, 0.29) is 18.0 Å². The average molecular weight is 351 g/mol. The summed E-state index contributed by atoms with van der Waals surface area (Å²) in [6.45, 7) is 1.71. The molecular weight excluding hydrogens is 330 g/mol. The second kappa shape index (κ2) is 6.64. The molecule has 1 aliphatic rings. The van der Waals surface area contributed by atoms with Crippen molar-refractivity contribution < 1.29 is 4.79 Å². The zero-order valence-electron chi connectivity index (χ0n) is 14.4. The van der Waals surface area contributed by atoms with Gasteiger partial charge in [0, 0.05) is 31.3 Å². The molecule has 134 valence electrons. The Labute approximate surface area is 150 Å². The quantitative estimate of drug-likeness (QED) is 0.574. The number of nitrogens with zero attached hydrogens (tertiary/aromatic N) is 3. The highest BCUT2D eigenvalue weighted by Crippen LogP contribution is 2.27. The van der Waals surface area contributed by atoms with Gasteiger partial charge in [-0.1, -0.05) is 30.3 Å². The molecule has 8 heteroatoms. The maximum Gasteiger partial charge on any atom is 0.320 e. The third-order valence-electron chi connectivity index (χ3n) is 4.76. The number of carbonyl (C=O) groups excluding carboxylic acids is 1. The molecule has 0 saturated carbocycles. The molecule has 2 atom stereocenters. The van der Waals surface area contributed by atoms with Gasteiger partial charge in [0.1, 0.15) is 5.82 Å². The van der Waals surface area contributed by atoms with Crippen molar-refractivity contribution in [1.82, 2.24) is 25.4 Å². The van der Waals surface area contributed by atoms with Crippen molar-refractivity contribution in [3.63, 3.8) is 0 Å². The molecule has 1 aliphatic heterocycles. The summed E-state index contributed by atoms with van der Waals surface area (Å²) in [6, 6.07) is 11.7. The second-order valence-electron chi connectivity index (χ2n) is 6.67. The Hall–Kier alpha value is -3.13. The average Bonchev–Trinajstić information content (AvgIpc) is 3.18. The number of hydrogen-bond donors (Lipinski definition) is 4. The summed E-state index contributed by atoms with van der Waals surface area (Å²) >= 11 is 0. The number of H-pyrrole nitrogens is 1. The topological polar surface area (TPSA) is 112 Å². The third kappa shape index (κ3) is 3.18. The first-order valence-corrected chi connectivity index (χ1v) is 8.51. The molecule has 1 aromatic carbocycles. The summed E-state index contributed by atoms with van der Waals surface area (Å²) in [5, 5.41) is 13.3. The Bertz CT molecular complexity index is 924. The highest BCUT2D eigenvalue weighted by atomic mass is 16.2. The van der Waals surface area contributed by atoms with E-state index in [1.807, 2.05) is 18.2 Å². The number of carbonyl (C=O) groups is 1. The fraction of sp³-hybridized carbons (Fsp3) is 0.278. The molecule has 3 aromatic rings. The van der Waals surface area contributed by atoms with Gasteiger partial charge in [-0.3, -0.25) is 10.4 Å². The summed E-state index contributed by atoms with van der Waals surface area (Å²) in [7, 11) is 2.06. The lowest BCUT2D eigenvalue weighted by atomic mass is 9.94. The summed E-state index contributed by atoms with van der Waals surface area (Å²) in [4.78, 5) is 18.9. The molecule has 1 fully saturated rings. The van der Waals surface area contributed by atoms with Gasteiger partial charge < -0.3 is 16.0 Å². The highest BCUT2D eigenvalue weighted by molar-refractivity contribution is 5.93. The number of amides is 2. The lowest BCUT2D eigenvalue weighted by Gasteiger charge is -2.20. The molecule has 4 rings (SSSR count). The number of nitrogen functional groups attached to an aromatic ring is 1. The lowest BCUT2D eigenvalue weighted by molar-refractivity contribution is 0.247. The van der Waals surface area contributed by atoms with Crippen LogP contribution in [0, 0.1) is 0 Å². The van der Waals surface area contributed by atoms with Gasteiger partial charge >= 0.3 is 6.03 Å². The molecule has 26 heavy (non-hydrogen) atoms. The van der Waals surface area contributed by atoms with Gasteiger partial charge in [0.2, 0.25) is 0 Å². The molecule has 8 nitrogen and oxygen atoms in total. The van der Waals surface area contributed by atoms with Gasteiger partial charge in [-0.15, -0.1) is 0 Å². The van der Waals surface area contributed by atoms with E-state index < -0.39 is 0 Å². The second-order valence-corrected chi connectivity index (χ2v) is 6.67. The number of nitrogens with one attached hydrogen (secondary N) is 3. The minimum Gasteiger partial charge on any atom is -0.382 e. The molecule has 2 amide bonds. The Morgan fingerprint density at radius 2 is 2.12 bits per heavy atom. The molecule has 0 unspecified atom stereocenters. The third-order valence-corrected chi connectivity index (χ3v) is 4.76. The minimum absolute atomic E-state index is 0.0360. The number of urea groups is 1. The van der Waals surface area contributed by atoms with Gasteiger partial charge in [0.15, 0.2) is 5.82 Å². The first-order valence-electron chi connectivity index (χ1n) is 8.51. The molecule has 5 N–H and O–H groups in total. The minimum atomic E-state index is -0.273. The van der Waals surface area contributed by atoms with E-state index in [1.54, 1.807) is 12.3 Å². The molecule has 0 radical (unpaired) electrons. The molecule has 1 saturated heterocycles. The van der Waals surface area contributed by atoms with Gasteiger partial charge in [0.25, 0.3) is 0 Å². The van der Waals surface area contributed by atoms with Crippen LogP contribution in [0.2, 0.25) is 0 Å². The number of nitrogens with two attached hydrogens (primary N) is 1. The Balaban J connectivity index is 1.46. The lowest BCUT2D eigenvalue weighted by Crippen LogP contribution is -2.42. The molecule has 0 bridgehead atoms. The highest BCUT2D eigenvalue weighted by Gasteiger charge is 2.33. The van der Waals surface area contributed by atoms with Crippen molar-refractivity contribution >= 4 is 28.6 Å². The molecule has 0 spiro atoms. The maximum absolute atomic E-state index is 12.5. The Morgan fingerprint density at radius 3 is 2.92 bits per heavy atom. The zero-order valence-corrected chi connectivity index (χ0v) is 14.4. The van der Waals surface area contributed by atoms with E-state index in [1.165, 1.54) is 5.56 Å². The number of hydrogen-bond acceptors (Lipinski definition) is 5. The predicted molar refractivity (Wildman–Crippen MR) is 101 cm³/mol. The predicted octanol–water partition coefficient (Wildman–Crippen LogP) is 1.76. The van der Waals surface area contributed by atoms with Crippen LogP contribution in [0.1, 0.15) is 11.5 Å². The van der Waals surface area contributed by atoms with Crippen LogP contribution in [0.3, 0.4) is 0 Å². The first kappa shape index (κ1) is 16.3. The van der Waals surface area contributed by atoms with Crippen LogP contribution in [0.5, 0.6) is 0 Å². The number of aromatic nitrogens is 3. The standard InChI is InChI=1S/C18H21N7O/c1-25-9-13(11-5-3-2-4-6-11)15(10-25)21-18(26)22-16-7-14-12(8-20-16)17(19)24-23-14/h2-8,13,15H,9-10H2,1H3,(H3,19,23,24)(H2,20,21,22,26)/t13-,15+/m0/s1. The number of benzene rings is 1. The van der Waals surface area contributed by atoms with E-state index in [0.717, 1.165) is 24.0 Å². The largest absolute Gasteiger partial charge is 0.382 e. The fourth-order valence-electron chi connectivity index (χ4n) is 3.51. The SMILES string of the molecule is CN1C[C@@H](NC(=O)Nc2cc3[nH]nc(N)c3cn2)[C@H](c2ccccc2)C1. The van der Waals surface area contributed by atoms with E-state index in [9.17, 15) is 4.79 Å². The number of fused-ring (bicyclic) bond motifs is 1. The molecular formula is C18H21N7O. The van der Waals surface area contributed by atoms with Crippen molar-refractivity contribution in [2.45, 2.75) is 12.0 Å². The van der Waals surface area contributed by atoms with Gasteiger partial charge in [-0.25, -0.2) is 9.78 Å². The van der Waals surface area contributed by atoms with Crippen LogP contribution in [-0.4, -0.2) is 52.3 Å². The number of rotatable bonds is 3. The van der Waals surface area contributed by atoms with Crippen molar-refractivity contribution in [2.24, 2.45) is 0 Å². The molecule has 3 heterocycles. The monoisotopic (exact) mass is 351 g/mol. The summed E-state index contributed by atoms with van der Waals surface area (Å²) in [5.41, 5.74) is 7.70. The molecule has 0 aliphatic carbocycles. The number of aromatic amines is 1. The van der Waals surface area contributed by atoms with E-state index in [4.69, 9.17) is 5.73 Å². The number of likely N-dealkylation sites (tertiary alicyclic amines) is 1. The van der Waals surface area contributed by atoms with Crippen molar-refractivity contribution in [3.05, 3.63) is 48.2 Å². The first-order chi connectivity index (χ1) is 12.6. The van der Waals surface area contributed by atoms with Crippen molar-refractivity contribution in [3.8, 4) is 0 Å². The van der Waals surface area contributed by atoms with Gasteiger partial charge in [0.05, 0.1) is 16.9 Å². The number of anilines is 2. The zero-order chi connectivity index (χ0) is 18.1. The van der Waals surface area contributed by atoms with Crippen LogP contribution >= 0.6 is 0 Å². The molecule has 2 aromatic heterocycles. The summed E-state index contributed by atoms with van der Waals surface area (Å²) < 4.78 is 0. The van der Waals surface area contributed by atoms with Crippen molar-refractivity contribution in [1.29, 1.82) is 0 Å². The summed E-state index contributed by atoms with van der Waals surface area (Å²) in [5.74, 6) is 1.10. The number of pyridine rings is 1. The van der Waals surface area contributed by atoms with Gasteiger partial charge in [-0.05, 0) is 12.6 Å². The van der Waals surface area contributed by atoms with Crippen LogP contribution < -0.4 is 16.4 Å². The van der Waals surface area contributed by atoms with Gasteiger partial charge in [-0.2, -0.15) is 5.10 Å². The Morgan fingerprint density at radius 1 is 1.31 bits per heavy atom. The Kier molecular flexibility index (Phi) is 4.18. The summed E-state index contributed by atoms with van der Waals surface area (Å²) in [6.07, 6.45) is 1.60. The normalized spacial score (nSPS) is 20.3. The number of likely N-dealkylation sites (N-methyl/N-ethyl adjacent to an activating group) is 1. The van der Waals surface area contributed by atoms with E-state index in [2.05, 4.69) is 49.9 Å². The van der Waals surface area contributed by atoms with Crippen LogP contribution in [0.25, 0.3) is 10.9 Å². The van der Waals surface area contributed by atoms with Crippen molar-refractivity contribution in [2.75, 3.05) is 31.2 Å². The smallest absolute Gasteiger partial charge is 0.320 e.